The number of oxime groups is 1. The molecule has 2 amide bonds. The molecule has 0 saturated heterocycles. The lowest BCUT2D eigenvalue weighted by Crippen LogP contribution is -2.42. The van der Waals surface area contributed by atoms with E-state index in [0.29, 0.717) is 16.8 Å². The molecule has 0 spiro atoms. The number of nitrogens with zero attached hydrogens (tertiary/aromatic N) is 1. The molecule has 0 radical (unpaired) electrons. The van der Waals surface area contributed by atoms with Crippen LogP contribution in [0.15, 0.2) is 41.6 Å². The number of halogens is 8. The van der Waals surface area contributed by atoms with Crippen LogP contribution < -0.4 is 10.6 Å². The number of benzene rings is 2. The number of carbonyl (C=O) groups excluding carboxylic acids is 2. The van der Waals surface area contributed by atoms with E-state index < -0.39 is 49.2 Å². The Labute approximate surface area is 216 Å². The second kappa shape index (κ2) is 10.8. The van der Waals surface area contributed by atoms with Crippen LogP contribution in [0.4, 0.5) is 32.0 Å². The first kappa shape index (κ1) is 28.6. The zero-order chi connectivity index (χ0) is 27.6. The highest BCUT2D eigenvalue weighted by molar-refractivity contribution is 6.34. The Morgan fingerprint density at radius 1 is 1.00 bits per heavy atom. The van der Waals surface area contributed by atoms with Gasteiger partial charge in [0, 0.05) is 40.6 Å². The standard InChI is InChI=1S/C23H19Cl2F6N3O3/c1-12-6-13(2-3-17(12)33-20(36)5-4-19(35)32-11-22(26,27)28)18-10-21(37-34-18,23(29,30)31)14-7-15(24)9-16(25)8-14/h2-3,6-9H,4-5,10-11H2,1H3,(H,32,35)(H,33,36). The van der Waals surface area contributed by atoms with Gasteiger partial charge in [0.05, 0.1) is 5.71 Å². The van der Waals surface area contributed by atoms with Crippen molar-refractivity contribution in [1.82, 2.24) is 5.32 Å². The predicted molar refractivity (Wildman–Crippen MR) is 125 cm³/mol. The molecule has 1 aliphatic heterocycles. The number of carbonyl (C=O) groups is 2. The van der Waals surface area contributed by atoms with Gasteiger partial charge >= 0.3 is 12.4 Å². The predicted octanol–water partition coefficient (Wildman–Crippen LogP) is 6.28. The highest BCUT2D eigenvalue weighted by Crippen LogP contribution is 2.49. The topological polar surface area (TPSA) is 79.8 Å². The van der Waals surface area contributed by atoms with E-state index in [9.17, 15) is 35.9 Å². The van der Waals surface area contributed by atoms with E-state index in [2.05, 4.69) is 10.5 Å². The second-order valence-electron chi connectivity index (χ2n) is 8.26. The molecule has 0 bridgehead atoms. The molecule has 0 aliphatic carbocycles. The molecule has 3 rings (SSSR count). The molecule has 0 fully saturated rings. The number of hydrogen-bond donors (Lipinski definition) is 2. The van der Waals surface area contributed by atoms with Gasteiger partial charge in [0.2, 0.25) is 11.8 Å². The smallest absolute Gasteiger partial charge is 0.374 e. The average molecular weight is 570 g/mol. The van der Waals surface area contributed by atoms with Crippen LogP contribution in [0.2, 0.25) is 10.0 Å². The summed E-state index contributed by atoms with van der Waals surface area (Å²) in [6.07, 6.45) is -10.9. The third-order valence-electron chi connectivity index (χ3n) is 5.41. The van der Waals surface area contributed by atoms with Crippen molar-refractivity contribution in [2.24, 2.45) is 5.16 Å². The van der Waals surface area contributed by atoms with Gasteiger partial charge in [0.1, 0.15) is 6.54 Å². The van der Waals surface area contributed by atoms with Gasteiger partial charge in [-0.05, 0) is 48.4 Å². The lowest BCUT2D eigenvalue weighted by Gasteiger charge is -2.29. The Morgan fingerprint density at radius 2 is 1.62 bits per heavy atom. The summed E-state index contributed by atoms with van der Waals surface area (Å²) in [5, 5.41) is 7.85. The summed E-state index contributed by atoms with van der Waals surface area (Å²) in [7, 11) is 0. The quantitative estimate of drug-likeness (QED) is 0.385. The van der Waals surface area contributed by atoms with Gasteiger partial charge in [0.25, 0.3) is 5.60 Å². The third-order valence-corrected chi connectivity index (χ3v) is 5.85. The number of anilines is 1. The Kier molecular flexibility index (Phi) is 8.33. The number of aryl methyl sites for hydroxylation is 1. The molecular weight excluding hydrogens is 551 g/mol. The van der Waals surface area contributed by atoms with Gasteiger partial charge in [-0.3, -0.25) is 9.59 Å². The zero-order valence-corrected chi connectivity index (χ0v) is 20.5. The number of hydrogen-bond acceptors (Lipinski definition) is 4. The molecule has 1 aliphatic rings. The van der Waals surface area contributed by atoms with Crippen LogP contribution in [0.1, 0.15) is 36.0 Å². The molecular formula is C23H19Cl2F6N3O3. The summed E-state index contributed by atoms with van der Waals surface area (Å²) < 4.78 is 78.9. The summed E-state index contributed by atoms with van der Waals surface area (Å²) in [6.45, 7) is 0.0842. The molecule has 2 aromatic rings. The third kappa shape index (κ3) is 7.07. The largest absolute Gasteiger partial charge is 0.435 e. The zero-order valence-electron chi connectivity index (χ0n) is 19.0. The maximum Gasteiger partial charge on any atom is 0.435 e. The molecule has 2 N–H and O–H groups in total. The van der Waals surface area contributed by atoms with E-state index in [1.54, 1.807) is 12.2 Å². The minimum absolute atomic E-state index is 0.00283. The van der Waals surface area contributed by atoms with E-state index in [4.69, 9.17) is 28.0 Å². The van der Waals surface area contributed by atoms with Crippen molar-refractivity contribution in [3.63, 3.8) is 0 Å². The Bertz CT molecular complexity index is 1210. The van der Waals surface area contributed by atoms with Crippen molar-refractivity contribution in [2.75, 3.05) is 11.9 Å². The highest BCUT2D eigenvalue weighted by atomic mass is 35.5. The van der Waals surface area contributed by atoms with Crippen LogP contribution in [0.25, 0.3) is 0 Å². The van der Waals surface area contributed by atoms with Crippen LogP contribution in [0.3, 0.4) is 0 Å². The fraction of sp³-hybridized carbons (Fsp3) is 0.348. The van der Waals surface area contributed by atoms with E-state index in [0.717, 1.165) is 12.1 Å². The van der Waals surface area contributed by atoms with Crippen LogP contribution in [0, 0.1) is 6.92 Å². The van der Waals surface area contributed by atoms with Crippen molar-refractivity contribution in [1.29, 1.82) is 0 Å². The summed E-state index contributed by atoms with van der Waals surface area (Å²) >= 11 is 11.8. The molecule has 0 aromatic heterocycles. The fourth-order valence-electron chi connectivity index (χ4n) is 3.56. The SMILES string of the molecule is Cc1cc(C2=NOC(c3cc(Cl)cc(Cl)c3)(C(F)(F)F)C2)ccc1NC(=O)CCC(=O)NCC(F)(F)F. The lowest BCUT2D eigenvalue weighted by atomic mass is 9.86. The number of alkyl halides is 6. The van der Waals surface area contributed by atoms with Crippen molar-refractivity contribution in [2.45, 2.75) is 44.1 Å². The summed E-state index contributed by atoms with van der Waals surface area (Å²) in [5.41, 5.74) is -2.05. The number of amides is 2. The Morgan fingerprint density at radius 3 is 2.19 bits per heavy atom. The van der Waals surface area contributed by atoms with Gasteiger partial charge in [-0.1, -0.05) is 34.4 Å². The van der Waals surface area contributed by atoms with Crippen LogP contribution in [0.5, 0.6) is 0 Å². The van der Waals surface area contributed by atoms with Crippen molar-refractivity contribution in [3.8, 4) is 0 Å². The van der Waals surface area contributed by atoms with Crippen molar-refractivity contribution < 1.29 is 40.8 Å². The first-order valence-electron chi connectivity index (χ1n) is 10.6. The highest BCUT2D eigenvalue weighted by Gasteiger charge is 2.62. The molecule has 2 aromatic carbocycles. The van der Waals surface area contributed by atoms with Crippen molar-refractivity contribution >= 4 is 46.4 Å². The Hall–Kier alpha value is -2.99. The second-order valence-corrected chi connectivity index (χ2v) is 9.13. The minimum atomic E-state index is -4.86. The summed E-state index contributed by atoms with van der Waals surface area (Å²) in [6, 6.07) is 7.85. The van der Waals surface area contributed by atoms with Crippen LogP contribution in [-0.2, 0) is 20.0 Å². The number of nitrogens with one attached hydrogen (secondary N) is 2. The van der Waals surface area contributed by atoms with Gasteiger partial charge in [0.15, 0.2) is 0 Å². The molecule has 200 valence electrons. The van der Waals surface area contributed by atoms with E-state index in [1.165, 1.54) is 24.3 Å². The minimum Gasteiger partial charge on any atom is -0.374 e. The number of rotatable bonds is 7. The molecule has 14 heteroatoms. The van der Waals surface area contributed by atoms with Crippen LogP contribution in [-0.4, -0.2) is 36.4 Å². The summed E-state index contributed by atoms with van der Waals surface area (Å²) in [5.74, 6) is -1.57. The maximum atomic E-state index is 14.2. The molecule has 1 heterocycles. The molecule has 37 heavy (non-hydrogen) atoms. The first-order valence-corrected chi connectivity index (χ1v) is 11.4. The monoisotopic (exact) mass is 569 g/mol. The van der Waals surface area contributed by atoms with E-state index in [1.807, 2.05) is 0 Å². The summed E-state index contributed by atoms with van der Waals surface area (Å²) in [4.78, 5) is 28.5. The molecule has 6 nitrogen and oxygen atoms in total. The van der Waals surface area contributed by atoms with Crippen LogP contribution >= 0.6 is 23.2 Å². The maximum absolute atomic E-state index is 14.2. The average Bonchev–Trinajstić information content (AvgIpc) is 3.24. The first-order chi connectivity index (χ1) is 17.1. The van der Waals surface area contributed by atoms with E-state index >= 15 is 0 Å². The van der Waals surface area contributed by atoms with Gasteiger partial charge < -0.3 is 15.5 Å². The normalized spacial score (nSPS) is 17.7. The lowest BCUT2D eigenvalue weighted by molar-refractivity contribution is -0.275. The van der Waals surface area contributed by atoms with Gasteiger partial charge in [-0.25, -0.2) is 0 Å². The van der Waals surface area contributed by atoms with Gasteiger partial charge in [-0.2, -0.15) is 26.3 Å². The molecule has 1 atom stereocenters. The molecule has 1 unspecified atom stereocenters. The van der Waals surface area contributed by atoms with E-state index in [-0.39, 0.29) is 27.7 Å². The Balaban J connectivity index is 1.69. The van der Waals surface area contributed by atoms with Crippen molar-refractivity contribution in [3.05, 3.63) is 63.1 Å². The van der Waals surface area contributed by atoms with Gasteiger partial charge in [-0.15, -0.1) is 0 Å². The fourth-order valence-corrected chi connectivity index (χ4v) is 4.08. The molecule has 0 saturated carbocycles.